The predicted molar refractivity (Wildman–Crippen MR) is 72.9 cm³/mol. The van der Waals surface area contributed by atoms with Gasteiger partial charge in [0.15, 0.2) is 0 Å². The van der Waals surface area contributed by atoms with E-state index in [1.54, 1.807) is 0 Å². The lowest BCUT2D eigenvalue weighted by atomic mass is 10.1. The Morgan fingerprint density at radius 1 is 1.33 bits per heavy atom. The van der Waals surface area contributed by atoms with E-state index >= 15 is 0 Å². The van der Waals surface area contributed by atoms with Gasteiger partial charge in [-0.1, -0.05) is 6.92 Å². The van der Waals surface area contributed by atoms with E-state index in [1.165, 1.54) is 0 Å². The Balaban J connectivity index is 2.24. The first-order chi connectivity index (χ1) is 8.74. The standard InChI is InChI=1S/C14H21N3O/c1-3-12-9-11(10-13(16-12)15-4-2)14(18)17-7-5-6-8-17/h9-10H,3-8H2,1-2H3,(H,15,16). The number of pyridine rings is 1. The monoisotopic (exact) mass is 247 g/mol. The third kappa shape index (κ3) is 2.81. The molecule has 1 saturated heterocycles. The number of hydrogen-bond acceptors (Lipinski definition) is 3. The van der Waals surface area contributed by atoms with E-state index in [0.717, 1.165) is 56.0 Å². The predicted octanol–water partition coefficient (Wildman–Crippen LogP) is 2.31. The fraction of sp³-hybridized carbons (Fsp3) is 0.571. The molecule has 1 aliphatic rings. The fourth-order valence-electron chi connectivity index (χ4n) is 2.27. The van der Waals surface area contributed by atoms with Crippen LogP contribution in [0.4, 0.5) is 5.82 Å². The number of aromatic nitrogens is 1. The van der Waals surface area contributed by atoms with Crippen LogP contribution in [0.3, 0.4) is 0 Å². The Morgan fingerprint density at radius 2 is 2.06 bits per heavy atom. The molecular weight excluding hydrogens is 226 g/mol. The number of rotatable bonds is 4. The van der Waals surface area contributed by atoms with Crippen molar-refractivity contribution in [3.63, 3.8) is 0 Å². The van der Waals surface area contributed by atoms with E-state index in [9.17, 15) is 4.79 Å². The minimum absolute atomic E-state index is 0.142. The minimum Gasteiger partial charge on any atom is -0.370 e. The van der Waals surface area contributed by atoms with Crippen molar-refractivity contribution in [3.05, 3.63) is 23.4 Å². The normalized spacial score (nSPS) is 14.9. The van der Waals surface area contributed by atoms with Crippen molar-refractivity contribution in [2.45, 2.75) is 33.1 Å². The van der Waals surface area contributed by atoms with Gasteiger partial charge in [0.2, 0.25) is 0 Å². The maximum Gasteiger partial charge on any atom is 0.254 e. The first-order valence-corrected chi connectivity index (χ1v) is 6.78. The van der Waals surface area contributed by atoms with Crippen LogP contribution in [0.5, 0.6) is 0 Å². The Bertz CT molecular complexity index is 425. The zero-order valence-corrected chi connectivity index (χ0v) is 11.2. The molecule has 98 valence electrons. The van der Waals surface area contributed by atoms with Crippen molar-refractivity contribution >= 4 is 11.7 Å². The summed E-state index contributed by atoms with van der Waals surface area (Å²) in [5, 5.41) is 3.19. The molecule has 18 heavy (non-hydrogen) atoms. The summed E-state index contributed by atoms with van der Waals surface area (Å²) < 4.78 is 0. The molecule has 1 N–H and O–H groups in total. The quantitative estimate of drug-likeness (QED) is 0.888. The number of anilines is 1. The Hall–Kier alpha value is -1.58. The Labute approximate surface area is 108 Å². The maximum absolute atomic E-state index is 12.3. The van der Waals surface area contributed by atoms with E-state index in [2.05, 4.69) is 17.2 Å². The fourth-order valence-corrected chi connectivity index (χ4v) is 2.27. The number of carbonyl (C=O) groups is 1. The highest BCUT2D eigenvalue weighted by Gasteiger charge is 2.20. The second-order valence-electron chi connectivity index (χ2n) is 4.62. The van der Waals surface area contributed by atoms with E-state index in [-0.39, 0.29) is 5.91 Å². The minimum atomic E-state index is 0.142. The lowest BCUT2D eigenvalue weighted by Gasteiger charge is -2.16. The van der Waals surface area contributed by atoms with E-state index in [1.807, 2.05) is 24.0 Å². The first kappa shape index (κ1) is 12.9. The van der Waals surface area contributed by atoms with Gasteiger partial charge < -0.3 is 10.2 Å². The number of hydrogen-bond donors (Lipinski definition) is 1. The first-order valence-electron chi connectivity index (χ1n) is 6.78. The van der Waals surface area contributed by atoms with Crippen LogP contribution in [-0.4, -0.2) is 35.4 Å². The molecule has 0 bridgehead atoms. The Morgan fingerprint density at radius 3 is 2.67 bits per heavy atom. The molecule has 0 aliphatic carbocycles. The summed E-state index contributed by atoms with van der Waals surface area (Å²) in [5.41, 5.74) is 1.73. The van der Waals surface area contributed by atoms with Crippen LogP contribution in [0.2, 0.25) is 0 Å². The average molecular weight is 247 g/mol. The van der Waals surface area contributed by atoms with Crippen LogP contribution in [0.1, 0.15) is 42.7 Å². The summed E-state index contributed by atoms with van der Waals surface area (Å²) in [6.45, 7) is 6.68. The molecule has 2 heterocycles. The molecule has 0 aromatic carbocycles. The van der Waals surface area contributed by atoms with Gasteiger partial charge in [-0.25, -0.2) is 4.98 Å². The molecule has 1 aromatic rings. The van der Waals surface area contributed by atoms with Gasteiger partial charge in [0.1, 0.15) is 5.82 Å². The van der Waals surface area contributed by atoms with Gasteiger partial charge in [-0.05, 0) is 38.3 Å². The second-order valence-corrected chi connectivity index (χ2v) is 4.62. The van der Waals surface area contributed by atoms with Crippen LogP contribution < -0.4 is 5.32 Å². The van der Waals surface area contributed by atoms with Gasteiger partial charge in [0.05, 0.1) is 0 Å². The number of amides is 1. The molecule has 1 aliphatic heterocycles. The number of nitrogens with one attached hydrogen (secondary N) is 1. The van der Waals surface area contributed by atoms with Gasteiger partial charge >= 0.3 is 0 Å². The van der Waals surface area contributed by atoms with Crippen molar-refractivity contribution in [3.8, 4) is 0 Å². The lowest BCUT2D eigenvalue weighted by Crippen LogP contribution is -2.27. The molecule has 0 saturated carbocycles. The topological polar surface area (TPSA) is 45.2 Å². The third-order valence-corrected chi connectivity index (χ3v) is 3.24. The zero-order chi connectivity index (χ0) is 13.0. The molecule has 4 nitrogen and oxygen atoms in total. The number of carbonyl (C=O) groups excluding carboxylic acids is 1. The summed E-state index contributed by atoms with van der Waals surface area (Å²) in [4.78, 5) is 18.7. The lowest BCUT2D eigenvalue weighted by molar-refractivity contribution is 0.0792. The van der Waals surface area contributed by atoms with Crippen molar-refractivity contribution in [1.82, 2.24) is 9.88 Å². The average Bonchev–Trinajstić information content (AvgIpc) is 2.91. The van der Waals surface area contributed by atoms with Crippen molar-refractivity contribution in [2.24, 2.45) is 0 Å². The largest absolute Gasteiger partial charge is 0.370 e. The highest BCUT2D eigenvalue weighted by Crippen LogP contribution is 2.16. The molecule has 0 spiro atoms. The summed E-state index contributed by atoms with van der Waals surface area (Å²) in [6.07, 6.45) is 3.09. The maximum atomic E-state index is 12.3. The highest BCUT2D eigenvalue weighted by atomic mass is 16.2. The molecule has 4 heteroatoms. The number of likely N-dealkylation sites (tertiary alicyclic amines) is 1. The van der Waals surface area contributed by atoms with Crippen LogP contribution in [-0.2, 0) is 6.42 Å². The van der Waals surface area contributed by atoms with Gasteiger partial charge in [0, 0.05) is 30.9 Å². The summed E-state index contributed by atoms with van der Waals surface area (Å²) >= 11 is 0. The molecular formula is C14H21N3O. The van der Waals surface area contributed by atoms with E-state index in [0.29, 0.717) is 0 Å². The smallest absolute Gasteiger partial charge is 0.254 e. The van der Waals surface area contributed by atoms with Crippen LogP contribution in [0, 0.1) is 0 Å². The number of aryl methyl sites for hydroxylation is 1. The van der Waals surface area contributed by atoms with E-state index in [4.69, 9.17) is 0 Å². The molecule has 0 radical (unpaired) electrons. The van der Waals surface area contributed by atoms with Gasteiger partial charge in [-0.3, -0.25) is 4.79 Å². The van der Waals surface area contributed by atoms with Gasteiger partial charge in [0.25, 0.3) is 5.91 Å². The van der Waals surface area contributed by atoms with Crippen LogP contribution in [0.25, 0.3) is 0 Å². The van der Waals surface area contributed by atoms with Crippen molar-refractivity contribution in [2.75, 3.05) is 25.0 Å². The molecule has 1 fully saturated rings. The summed E-state index contributed by atoms with van der Waals surface area (Å²) in [5.74, 6) is 0.947. The third-order valence-electron chi connectivity index (χ3n) is 3.24. The SMILES string of the molecule is CCNc1cc(C(=O)N2CCCC2)cc(CC)n1. The second kappa shape index (κ2) is 5.85. The zero-order valence-electron chi connectivity index (χ0n) is 11.2. The molecule has 1 amide bonds. The van der Waals surface area contributed by atoms with Crippen molar-refractivity contribution < 1.29 is 4.79 Å². The van der Waals surface area contributed by atoms with Crippen LogP contribution in [0.15, 0.2) is 12.1 Å². The molecule has 2 rings (SSSR count). The number of nitrogens with zero attached hydrogens (tertiary/aromatic N) is 2. The summed E-state index contributed by atoms with van der Waals surface area (Å²) in [7, 11) is 0. The molecule has 0 unspecified atom stereocenters. The molecule has 1 aromatic heterocycles. The van der Waals surface area contributed by atoms with Gasteiger partial charge in [-0.2, -0.15) is 0 Å². The summed E-state index contributed by atoms with van der Waals surface area (Å²) in [6, 6.07) is 3.78. The van der Waals surface area contributed by atoms with Crippen LogP contribution >= 0.6 is 0 Å². The molecule has 0 atom stereocenters. The van der Waals surface area contributed by atoms with Crippen molar-refractivity contribution in [1.29, 1.82) is 0 Å². The highest BCUT2D eigenvalue weighted by molar-refractivity contribution is 5.95. The van der Waals surface area contributed by atoms with E-state index < -0.39 is 0 Å². The Kier molecular flexibility index (Phi) is 4.18. The van der Waals surface area contributed by atoms with Gasteiger partial charge in [-0.15, -0.1) is 0 Å².